The Morgan fingerprint density at radius 3 is 2.88 bits per heavy atom. The van der Waals surface area contributed by atoms with Crippen molar-refractivity contribution in [1.29, 1.82) is 0 Å². The van der Waals surface area contributed by atoms with E-state index >= 15 is 0 Å². The van der Waals surface area contributed by atoms with Crippen molar-refractivity contribution in [2.24, 2.45) is 0 Å². The van der Waals surface area contributed by atoms with Gasteiger partial charge >= 0.3 is 0 Å². The van der Waals surface area contributed by atoms with E-state index in [1.165, 1.54) is 0 Å². The Balaban J connectivity index is 2.15. The minimum atomic E-state index is 0.154. The van der Waals surface area contributed by atoms with Crippen LogP contribution in [-0.4, -0.2) is 49.5 Å². The average Bonchev–Trinajstić information content (AvgIpc) is 2.33. The number of carbonyl (C=O) groups is 1. The van der Waals surface area contributed by atoms with Gasteiger partial charge in [-0.3, -0.25) is 9.78 Å². The van der Waals surface area contributed by atoms with E-state index < -0.39 is 0 Å². The lowest BCUT2D eigenvalue weighted by molar-refractivity contribution is -0.129. The molecule has 0 aromatic carbocycles. The normalized spacial score (nSPS) is 16.5. The fourth-order valence-electron chi connectivity index (χ4n) is 1.72. The molecular weight excluding hydrogens is 204 g/mol. The largest absolute Gasteiger partial charge is 0.387 e. The molecule has 1 saturated heterocycles. The highest BCUT2D eigenvalue weighted by molar-refractivity contribution is 5.82. The molecule has 86 valence electrons. The molecule has 0 spiro atoms. The smallest absolute Gasteiger partial charge is 0.241 e. The molecule has 2 heterocycles. The number of nitrogens with zero attached hydrogens (tertiary/aromatic N) is 3. The van der Waals surface area contributed by atoms with Gasteiger partial charge < -0.3 is 15.1 Å². The Bertz CT molecular complexity index is 393. The van der Waals surface area contributed by atoms with E-state index in [-0.39, 0.29) is 5.91 Å². The first-order valence-corrected chi connectivity index (χ1v) is 5.32. The number of hydrogen-bond donors (Lipinski definition) is 1. The predicted molar refractivity (Wildman–Crippen MR) is 63.6 cm³/mol. The van der Waals surface area contributed by atoms with Crippen LogP contribution in [0.5, 0.6) is 0 Å². The maximum absolute atomic E-state index is 11.6. The van der Waals surface area contributed by atoms with Gasteiger partial charge in [0.15, 0.2) is 0 Å². The summed E-state index contributed by atoms with van der Waals surface area (Å²) in [5, 5.41) is 3.04. The van der Waals surface area contributed by atoms with Crippen LogP contribution in [0, 0.1) is 0 Å². The molecular formula is C11H16N4O. The molecule has 0 bridgehead atoms. The molecule has 0 radical (unpaired) electrons. The van der Waals surface area contributed by atoms with E-state index in [2.05, 4.69) is 15.2 Å². The molecule has 5 heteroatoms. The van der Waals surface area contributed by atoms with Crippen LogP contribution in [0.4, 0.5) is 11.4 Å². The number of rotatable bonds is 2. The second kappa shape index (κ2) is 4.38. The number of aromatic nitrogens is 1. The summed E-state index contributed by atoms with van der Waals surface area (Å²) in [6.45, 7) is 2.06. The lowest BCUT2D eigenvalue weighted by Crippen LogP contribution is -2.48. The fraction of sp³-hybridized carbons (Fsp3) is 0.455. The lowest BCUT2D eigenvalue weighted by atomic mass is 10.2. The molecule has 1 aliphatic heterocycles. The monoisotopic (exact) mass is 220 g/mol. The maximum atomic E-state index is 11.6. The Labute approximate surface area is 95.1 Å². The van der Waals surface area contributed by atoms with Gasteiger partial charge in [-0.2, -0.15) is 0 Å². The number of hydrogen-bond acceptors (Lipinski definition) is 4. The van der Waals surface area contributed by atoms with Crippen molar-refractivity contribution in [2.75, 3.05) is 43.9 Å². The second-order valence-corrected chi connectivity index (χ2v) is 3.92. The van der Waals surface area contributed by atoms with E-state index in [9.17, 15) is 4.79 Å². The number of amides is 1. The van der Waals surface area contributed by atoms with Crippen LogP contribution >= 0.6 is 0 Å². The van der Waals surface area contributed by atoms with Crippen molar-refractivity contribution in [2.45, 2.75) is 0 Å². The highest BCUT2D eigenvalue weighted by Gasteiger charge is 2.21. The van der Waals surface area contributed by atoms with Crippen LogP contribution in [0.1, 0.15) is 0 Å². The van der Waals surface area contributed by atoms with Crippen molar-refractivity contribution < 1.29 is 4.79 Å². The van der Waals surface area contributed by atoms with Gasteiger partial charge in [-0.1, -0.05) is 0 Å². The number of carbonyl (C=O) groups excluding carboxylic acids is 1. The summed E-state index contributed by atoms with van der Waals surface area (Å²) in [6.07, 6.45) is 3.56. The molecule has 0 aliphatic carbocycles. The van der Waals surface area contributed by atoms with E-state index in [1.807, 2.05) is 20.2 Å². The zero-order valence-electron chi connectivity index (χ0n) is 9.60. The Morgan fingerprint density at radius 1 is 1.38 bits per heavy atom. The fourth-order valence-corrected chi connectivity index (χ4v) is 1.72. The summed E-state index contributed by atoms with van der Waals surface area (Å²) in [4.78, 5) is 19.5. The number of nitrogens with one attached hydrogen (secondary N) is 1. The van der Waals surface area contributed by atoms with E-state index in [0.717, 1.165) is 24.5 Å². The van der Waals surface area contributed by atoms with Gasteiger partial charge in [0.1, 0.15) is 0 Å². The molecule has 0 atom stereocenters. The molecule has 2 rings (SSSR count). The van der Waals surface area contributed by atoms with E-state index in [4.69, 9.17) is 0 Å². The number of pyridine rings is 1. The van der Waals surface area contributed by atoms with Gasteiger partial charge in [0.05, 0.1) is 30.3 Å². The van der Waals surface area contributed by atoms with Gasteiger partial charge in [-0.15, -0.1) is 0 Å². The standard InChI is InChI=1S/C11H16N4O/c1-12-9-5-10(7-13-6-9)15-4-3-14(2)11(16)8-15/h5-7,12H,3-4,8H2,1-2H3. The maximum Gasteiger partial charge on any atom is 0.241 e. The number of piperazine rings is 1. The van der Waals surface area contributed by atoms with Crippen molar-refractivity contribution in [3.63, 3.8) is 0 Å². The molecule has 16 heavy (non-hydrogen) atoms. The van der Waals surface area contributed by atoms with Gasteiger partial charge in [0.25, 0.3) is 0 Å². The van der Waals surface area contributed by atoms with Crippen LogP contribution in [0.15, 0.2) is 18.5 Å². The third kappa shape index (κ3) is 2.08. The lowest BCUT2D eigenvalue weighted by Gasteiger charge is -2.33. The number of anilines is 2. The first-order chi connectivity index (χ1) is 7.70. The highest BCUT2D eigenvalue weighted by Crippen LogP contribution is 2.18. The first-order valence-electron chi connectivity index (χ1n) is 5.32. The molecule has 0 saturated carbocycles. The Hall–Kier alpha value is -1.78. The Kier molecular flexibility index (Phi) is 2.94. The molecule has 1 aromatic rings. The van der Waals surface area contributed by atoms with Crippen LogP contribution < -0.4 is 10.2 Å². The third-order valence-corrected chi connectivity index (χ3v) is 2.83. The minimum Gasteiger partial charge on any atom is -0.387 e. The first kappa shape index (κ1) is 10.7. The average molecular weight is 220 g/mol. The van der Waals surface area contributed by atoms with Crippen molar-refractivity contribution in [1.82, 2.24) is 9.88 Å². The second-order valence-electron chi connectivity index (χ2n) is 3.92. The van der Waals surface area contributed by atoms with Crippen molar-refractivity contribution in [3.8, 4) is 0 Å². The van der Waals surface area contributed by atoms with Crippen molar-refractivity contribution >= 4 is 17.3 Å². The molecule has 0 unspecified atom stereocenters. The molecule has 1 aromatic heterocycles. The summed E-state index contributed by atoms with van der Waals surface area (Å²) < 4.78 is 0. The predicted octanol–water partition coefficient (Wildman–Crippen LogP) is 0.402. The van der Waals surface area contributed by atoms with Crippen LogP contribution in [0.25, 0.3) is 0 Å². The van der Waals surface area contributed by atoms with Gasteiger partial charge in [0, 0.05) is 27.2 Å². The van der Waals surface area contributed by atoms with Gasteiger partial charge in [0.2, 0.25) is 5.91 Å². The molecule has 1 N–H and O–H groups in total. The van der Waals surface area contributed by atoms with E-state index in [1.54, 1.807) is 17.3 Å². The van der Waals surface area contributed by atoms with E-state index in [0.29, 0.717) is 6.54 Å². The quantitative estimate of drug-likeness (QED) is 0.784. The third-order valence-electron chi connectivity index (χ3n) is 2.83. The topological polar surface area (TPSA) is 48.5 Å². The SMILES string of the molecule is CNc1cncc(N2CCN(C)C(=O)C2)c1. The molecule has 5 nitrogen and oxygen atoms in total. The summed E-state index contributed by atoms with van der Waals surface area (Å²) in [6, 6.07) is 2.01. The molecule has 1 fully saturated rings. The molecule has 1 amide bonds. The van der Waals surface area contributed by atoms with Crippen LogP contribution in [0.3, 0.4) is 0 Å². The molecule has 1 aliphatic rings. The highest BCUT2D eigenvalue weighted by atomic mass is 16.2. The summed E-state index contributed by atoms with van der Waals surface area (Å²) in [5.41, 5.74) is 1.96. The zero-order chi connectivity index (χ0) is 11.5. The van der Waals surface area contributed by atoms with Gasteiger partial charge in [-0.05, 0) is 6.07 Å². The number of likely N-dealkylation sites (N-methyl/N-ethyl adjacent to an activating group) is 1. The van der Waals surface area contributed by atoms with Gasteiger partial charge in [-0.25, -0.2) is 0 Å². The van der Waals surface area contributed by atoms with Crippen molar-refractivity contribution in [3.05, 3.63) is 18.5 Å². The van der Waals surface area contributed by atoms with Crippen LogP contribution in [0.2, 0.25) is 0 Å². The Morgan fingerprint density at radius 2 is 2.19 bits per heavy atom. The minimum absolute atomic E-state index is 0.154. The summed E-state index contributed by atoms with van der Waals surface area (Å²) in [7, 11) is 3.69. The zero-order valence-corrected chi connectivity index (χ0v) is 9.60. The summed E-state index contributed by atoms with van der Waals surface area (Å²) in [5.74, 6) is 0.154. The summed E-state index contributed by atoms with van der Waals surface area (Å²) >= 11 is 0. The van der Waals surface area contributed by atoms with Crippen LogP contribution in [-0.2, 0) is 4.79 Å².